The second-order valence-electron chi connectivity index (χ2n) is 7.86. The number of benzene rings is 2. The van der Waals surface area contributed by atoms with E-state index >= 15 is 0 Å². The van der Waals surface area contributed by atoms with Gasteiger partial charge in [-0.05, 0) is 44.2 Å². The zero-order valence-corrected chi connectivity index (χ0v) is 17.3. The SMILES string of the molecule is CC1(C)c2nc(-c3ccc(F)c(F)c3)c(Oc3ccc(F)c(F)c3)n2CCN1C(=O)CN. The Morgan fingerprint density at radius 1 is 1.03 bits per heavy atom. The molecule has 1 aliphatic rings. The van der Waals surface area contributed by atoms with Crippen LogP contribution in [-0.2, 0) is 16.9 Å². The number of carbonyl (C=O) groups is 1. The summed E-state index contributed by atoms with van der Waals surface area (Å²) in [5.41, 5.74) is 5.02. The fourth-order valence-electron chi connectivity index (χ4n) is 3.85. The van der Waals surface area contributed by atoms with Crippen LogP contribution in [0.3, 0.4) is 0 Å². The Bertz CT molecular complexity index is 1210. The number of hydrogen-bond acceptors (Lipinski definition) is 4. The number of nitrogens with zero attached hydrogens (tertiary/aromatic N) is 3. The molecule has 0 unspecified atom stereocenters. The first-order valence-electron chi connectivity index (χ1n) is 9.83. The highest BCUT2D eigenvalue weighted by molar-refractivity contribution is 5.79. The number of hydrogen-bond donors (Lipinski definition) is 1. The third-order valence-electron chi connectivity index (χ3n) is 5.46. The van der Waals surface area contributed by atoms with Gasteiger partial charge in [0.2, 0.25) is 11.8 Å². The molecule has 6 nitrogen and oxygen atoms in total. The molecule has 2 aromatic carbocycles. The number of aromatic nitrogens is 2. The van der Waals surface area contributed by atoms with Crippen LogP contribution in [0.15, 0.2) is 36.4 Å². The molecule has 0 atom stereocenters. The van der Waals surface area contributed by atoms with Gasteiger partial charge in [0.15, 0.2) is 23.3 Å². The van der Waals surface area contributed by atoms with Gasteiger partial charge in [0.05, 0.1) is 12.1 Å². The Morgan fingerprint density at radius 2 is 1.69 bits per heavy atom. The van der Waals surface area contributed by atoms with Crippen LogP contribution >= 0.6 is 0 Å². The largest absolute Gasteiger partial charge is 0.438 e. The van der Waals surface area contributed by atoms with E-state index in [4.69, 9.17) is 10.5 Å². The summed E-state index contributed by atoms with van der Waals surface area (Å²) in [6, 6.07) is 6.30. The van der Waals surface area contributed by atoms with Gasteiger partial charge in [-0.1, -0.05) is 0 Å². The molecule has 3 aromatic rings. The maximum absolute atomic E-state index is 14.0. The number of carbonyl (C=O) groups excluding carboxylic acids is 1. The van der Waals surface area contributed by atoms with Crippen LogP contribution in [0.2, 0.25) is 0 Å². The smallest absolute Gasteiger partial charge is 0.237 e. The lowest BCUT2D eigenvalue weighted by molar-refractivity contribution is -0.137. The summed E-state index contributed by atoms with van der Waals surface area (Å²) >= 11 is 0. The molecule has 32 heavy (non-hydrogen) atoms. The van der Waals surface area contributed by atoms with Crippen molar-refractivity contribution in [1.82, 2.24) is 14.5 Å². The van der Waals surface area contributed by atoms with E-state index in [2.05, 4.69) is 4.98 Å². The maximum Gasteiger partial charge on any atom is 0.237 e. The van der Waals surface area contributed by atoms with Crippen LogP contribution in [0, 0.1) is 23.3 Å². The quantitative estimate of drug-likeness (QED) is 0.614. The minimum atomic E-state index is -1.10. The molecule has 0 aliphatic carbocycles. The Labute approximate surface area is 181 Å². The topological polar surface area (TPSA) is 73.4 Å². The van der Waals surface area contributed by atoms with Crippen LogP contribution in [-0.4, -0.2) is 33.4 Å². The van der Waals surface area contributed by atoms with Crippen molar-refractivity contribution >= 4 is 5.91 Å². The highest BCUT2D eigenvalue weighted by atomic mass is 19.2. The summed E-state index contributed by atoms with van der Waals surface area (Å²) in [4.78, 5) is 18.5. The molecule has 2 N–H and O–H groups in total. The standard InChI is InChI=1S/C22H20F4N4O2/c1-22(2)21-28-19(12-3-5-14(23)16(25)9-12)20(29(21)7-8-30(22)18(31)11-27)32-13-4-6-15(24)17(26)10-13/h3-6,9-10H,7-8,11,27H2,1-2H3. The minimum absolute atomic E-state index is 0.00583. The van der Waals surface area contributed by atoms with Crippen LogP contribution in [0.1, 0.15) is 19.7 Å². The third-order valence-corrected chi connectivity index (χ3v) is 5.46. The summed E-state index contributed by atoms with van der Waals surface area (Å²) in [6.07, 6.45) is 0. The number of halogens is 4. The van der Waals surface area contributed by atoms with Crippen molar-refractivity contribution in [1.29, 1.82) is 0 Å². The fourth-order valence-corrected chi connectivity index (χ4v) is 3.85. The van der Waals surface area contributed by atoms with Crippen LogP contribution in [0.25, 0.3) is 11.3 Å². The van der Waals surface area contributed by atoms with Crippen molar-refractivity contribution in [3.05, 3.63) is 65.5 Å². The van der Waals surface area contributed by atoms with Gasteiger partial charge < -0.3 is 15.4 Å². The number of amides is 1. The van der Waals surface area contributed by atoms with Gasteiger partial charge in [0.1, 0.15) is 17.3 Å². The Kier molecular flexibility index (Phi) is 5.41. The summed E-state index contributed by atoms with van der Waals surface area (Å²) < 4.78 is 62.1. The van der Waals surface area contributed by atoms with E-state index in [1.165, 1.54) is 12.1 Å². The average Bonchev–Trinajstić information content (AvgIpc) is 3.12. The molecule has 0 spiro atoms. The van der Waals surface area contributed by atoms with E-state index in [1.54, 1.807) is 23.3 Å². The second-order valence-corrected chi connectivity index (χ2v) is 7.86. The third kappa shape index (κ3) is 3.60. The summed E-state index contributed by atoms with van der Waals surface area (Å²) in [7, 11) is 0. The van der Waals surface area contributed by atoms with Gasteiger partial charge in [0.25, 0.3) is 0 Å². The predicted octanol–water partition coefficient (Wildman–Crippen LogP) is 3.93. The normalized spacial score (nSPS) is 14.9. The molecule has 168 valence electrons. The summed E-state index contributed by atoms with van der Waals surface area (Å²) in [5.74, 6) is -3.98. The van der Waals surface area contributed by atoms with Crippen LogP contribution in [0.5, 0.6) is 11.6 Å². The monoisotopic (exact) mass is 448 g/mol. The zero-order chi connectivity index (χ0) is 23.2. The highest BCUT2D eigenvalue weighted by Crippen LogP contribution is 2.41. The van der Waals surface area contributed by atoms with Crippen molar-refractivity contribution in [3.63, 3.8) is 0 Å². The Hall–Kier alpha value is -3.40. The summed E-state index contributed by atoms with van der Waals surface area (Å²) in [5, 5.41) is 0. The van der Waals surface area contributed by atoms with Crippen molar-refractivity contribution in [3.8, 4) is 22.9 Å². The lowest BCUT2D eigenvalue weighted by Crippen LogP contribution is -2.53. The van der Waals surface area contributed by atoms with Crippen LogP contribution < -0.4 is 10.5 Å². The number of fused-ring (bicyclic) bond motifs is 1. The van der Waals surface area contributed by atoms with Gasteiger partial charge in [-0.3, -0.25) is 9.36 Å². The van der Waals surface area contributed by atoms with Crippen molar-refractivity contribution in [2.24, 2.45) is 5.73 Å². The Balaban J connectivity index is 1.89. The molecule has 0 bridgehead atoms. The highest BCUT2D eigenvalue weighted by Gasteiger charge is 2.41. The lowest BCUT2D eigenvalue weighted by Gasteiger charge is -2.42. The molecule has 1 amide bonds. The minimum Gasteiger partial charge on any atom is -0.438 e. The fraction of sp³-hybridized carbons (Fsp3) is 0.273. The average molecular weight is 448 g/mol. The molecule has 0 radical (unpaired) electrons. The molecule has 0 fully saturated rings. The van der Waals surface area contributed by atoms with E-state index in [9.17, 15) is 22.4 Å². The first kappa shape index (κ1) is 21.8. The van der Waals surface area contributed by atoms with Crippen molar-refractivity contribution in [2.45, 2.75) is 25.9 Å². The van der Waals surface area contributed by atoms with Crippen molar-refractivity contribution in [2.75, 3.05) is 13.1 Å². The summed E-state index contributed by atoms with van der Waals surface area (Å²) in [6.45, 7) is 3.92. The Morgan fingerprint density at radius 3 is 2.31 bits per heavy atom. The number of imidazole rings is 1. The molecule has 1 aliphatic heterocycles. The molecule has 4 rings (SSSR count). The van der Waals surface area contributed by atoms with Crippen molar-refractivity contribution < 1.29 is 27.1 Å². The first-order valence-corrected chi connectivity index (χ1v) is 9.83. The number of ether oxygens (including phenoxy) is 1. The van der Waals surface area contributed by atoms with E-state index in [0.29, 0.717) is 5.82 Å². The molecular formula is C22H20F4N4O2. The predicted molar refractivity (Wildman–Crippen MR) is 108 cm³/mol. The lowest BCUT2D eigenvalue weighted by atomic mass is 9.99. The van der Waals surface area contributed by atoms with Gasteiger partial charge in [-0.15, -0.1) is 0 Å². The van der Waals surface area contributed by atoms with E-state index in [0.717, 1.165) is 24.3 Å². The molecule has 2 heterocycles. The molecule has 0 saturated carbocycles. The van der Waals surface area contributed by atoms with E-state index in [-0.39, 0.29) is 48.4 Å². The van der Waals surface area contributed by atoms with Gasteiger partial charge in [-0.2, -0.15) is 0 Å². The number of rotatable bonds is 4. The zero-order valence-electron chi connectivity index (χ0n) is 17.3. The van der Waals surface area contributed by atoms with Gasteiger partial charge in [-0.25, -0.2) is 22.5 Å². The van der Waals surface area contributed by atoms with E-state index < -0.39 is 28.8 Å². The van der Waals surface area contributed by atoms with Gasteiger partial charge in [0, 0.05) is 24.7 Å². The molecular weight excluding hydrogens is 428 g/mol. The van der Waals surface area contributed by atoms with Gasteiger partial charge >= 0.3 is 0 Å². The van der Waals surface area contributed by atoms with Crippen LogP contribution in [0.4, 0.5) is 17.6 Å². The maximum atomic E-state index is 14.0. The molecule has 10 heteroatoms. The van der Waals surface area contributed by atoms with E-state index in [1.807, 2.05) is 0 Å². The molecule has 1 aromatic heterocycles. The molecule has 0 saturated heterocycles. The number of nitrogens with two attached hydrogens (primary N) is 1. The first-order chi connectivity index (χ1) is 15.1. The second kappa shape index (κ2) is 7.94.